The second-order valence-corrected chi connectivity index (χ2v) is 9.34. The minimum absolute atomic E-state index is 0.00141. The summed E-state index contributed by atoms with van der Waals surface area (Å²) in [6.45, 7) is 4.22. The van der Waals surface area contributed by atoms with Crippen LogP contribution < -0.4 is 10.6 Å². The lowest BCUT2D eigenvalue weighted by atomic mass is 9.53. The first kappa shape index (κ1) is 19.2. The standard InChI is InChI=1S/C24H29N3O3/c1-16-25-22(29-14-17-5-3-2-4-6-17)10-23(26-16)30-15-21(28)27-24-11-18-7-19(12-24)9-20(8-18)13-24/h2-6,10,18-20,26H,1,7-9,11-15H2,(H,27,28). The lowest BCUT2D eigenvalue weighted by Crippen LogP contribution is -2.60. The van der Waals surface area contributed by atoms with Crippen LogP contribution in [-0.2, 0) is 20.9 Å². The highest BCUT2D eigenvalue weighted by molar-refractivity contribution is 5.89. The Morgan fingerprint density at radius 2 is 1.77 bits per heavy atom. The molecule has 5 aliphatic rings. The summed E-state index contributed by atoms with van der Waals surface area (Å²) in [7, 11) is 0. The second kappa shape index (κ2) is 7.82. The van der Waals surface area contributed by atoms with Gasteiger partial charge in [0.25, 0.3) is 5.91 Å². The molecule has 6 nitrogen and oxygen atoms in total. The van der Waals surface area contributed by atoms with E-state index >= 15 is 0 Å². The molecule has 0 aromatic heterocycles. The van der Waals surface area contributed by atoms with Crippen LogP contribution in [0.25, 0.3) is 0 Å². The first-order valence-electron chi connectivity index (χ1n) is 10.9. The minimum atomic E-state index is -0.0560. The Labute approximate surface area is 177 Å². The summed E-state index contributed by atoms with van der Waals surface area (Å²) in [5.41, 5.74) is 1.05. The average Bonchev–Trinajstić information content (AvgIpc) is 2.70. The van der Waals surface area contributed by atoms with Crippen molar-refractivity contribution in [1.82, 2.24) is 10.6 Å². The van der Waals surface area contributed by atoms with Crippen LogP contribution in [0.1, 0.15) is 44.1 Å². The molecule has 4 fully saturated rings. The number of benzene rings is 1. The molecule has 4 aliphatic carbocycles. The average molecular weight is 408 g/mol. The van der Waals surface area contributed by atoms with Gasteiger partial charge in [0.05, 0.1) is 6.08 Å². The molecule has 2 N–H and O–H groups in total. The molecule has 1 aromatic rings. The van der Waals surface area contributed by atoms with Gasteiger partial charge in [-0.2, -0.15) is 4.99 Å². The number of nitrogens with one attached hydrogen (secondary N) is 2. The third-order valence-corrected chi connectivity index (χ3v) is 6.80. The predicted molar refractivity (Wildman–Crippen MR) is 114 cm³/mol. The molecule has 0 unspecified atom stereocenters. The fraction of sp³-hybridized carbons (Fsp3) is 0.500. The van der Waals surface area contributed by atoms with Crippen molar-refractivity contribution in [3.63, 3.8) is 0 Å². The SMILES string of the molecule is C=C1N=C(OCc2ccccc2)C=C(OCC(=O)NC23CC4CC(CC(C4)C2)C3)N1. The fourth-order valence-electron chi connectivity index (χ4n) is 6.11. The summed E-state index contributed by atoms with van der Waals surface area (Å²) in [4.78, 5) is 16.9. The van der Waals surface area contributed by atoms with E-state index in [1.54, 1.807) is 6.08 Å². The second-order valence-electron chi connectivity index (χ2n) is 9.34. The van der Waals surface area contributed by atoms with Gasteiger partial charge in [0.15, 0.2) is 12.5 Å². The number of aliphatic imine (C=N–C) groups is 1. The van der Waals surface area contributed by atoms with Gasteiger partial charge in [-0.05, 0) is 61.8 Å². The molecule has 1 amide bonds. The van der Waals surface area contributed by atoms with Crippen molar-refractivity contribution in [3.8, 4) is 0 Å². The zero-order valence-electron chi connectivity index (χ0n) is 17.2. The Morgan fingerprint density at radius 3 is 2.43 bits per heavy atom. The molecule has 0 spiro atoms. The first-order chi connectivity index (χ1) is 14.6. The quantitative estimate of drug-likeness (QED) is 0.756. The van der Waals surface area contributed by atoms with E-state index in [1.807, 2.05) is 30.3 Å². The number of ether oxygens (including phenoxy) is 2. The highest BCUT2D eigenvalue weighted by Gasteiger charge is 2.51. The smallest absolute Gasteiger partial charge is 0.258 e. The monoisotopic (exact) mass is 407 g/mol. The van der Waals surface area contributed by atoms with E-state index < -0.39 is 0 Å². The van der Waals surface area contributed by atoms with Crippen molar-refractivity contribution in [2.24, 2.45) is 22.7 Å². The molecule has 0 saturated heterocycles. The van der Waals surface area contributed by atoms with Crippen molar-refractivity contribution >= 4 is 11.8 Å². The molecule has 4 saturated carbocycles. The molecule has 1 heterocycles. The van der Waals surface area contributed by atoms with Crippen LogP contribution in [0.3, 0.4) is 0 Å². The summed E-state index contributed by atoms with van der Waals surface area (Å²) in [5, 5.41) is 6.29. The first-order valence-corrected chi connectivity index (χ1v) is 10.9. The predicted octanol–water partition coefficient (Wildman–Crippen LogP) is 3.62. The van der Waals surface area contributed by atoms with Crippen LogP contribution in [-0.4, -0.2) is 24.0 Å². The molecule has 1 aliphatic heterocycles. The lowest BCUT2D eigenvalue weighted by Gasteiger charge is -2.56. The Kier molecular flexibility index (Phi) is 5.01. The molecule has 30 heavy (non-hydrogen) atoms. The fourth-order valence-corrected chi connectivity index (χ4v) is 6.11. The van der Waals surface area contributed by atoms with E-state index in [4.69, 9.17) is 9.47 Å². The number of hydrogen-bond acceptors (Lipinski definition) is 5. The number of rotatable bonds is 6. The van der Waals surface area contributed by atoms with E-state index in [9.17, 15) is 4.79 Å². The molecule has 1 aromatic carbocycles. The van der Waals surface area contributed by atoms with E-state index in [0.717, 1.165) is 42.6 Å². The lowest BCUT2D eigenvalue weighted by molar-refractivity contribution is -0.130. The van der Waals surface area contributed by atoms with Crippen LogP contribution in [0.4, 0.5) is 0 Å². The highest BCUT2D eigenvalue weighted by atomic mass is 16.5. The van der Waals surface area contributed by atoms with Gasteiger partial charge >= 0.3 is 0 Å². The van der Waals surface area contributed by atoms with Crippen molar-refractivity contribution in [3.05, 3.63) is 60.3 Å². The van der Waals surface area contributed by atoms with Gasteiger partial charge in [-0.25, -0.2) is 0 Å². The van der Waals surface area contributed by atoms with Gasteiger partial charge in [-0.1, -0.05) is 36.9 Å². The normalized spacial score (nSPS) is 31.5. The molecule has 4 bridgehead atoms. The van der Waals surface area contributed by atoms with Crippen LogP contribution in [0, 0.1) is 17.8 Å². The van der Waals surface area contributed by atoms with E-state index in [1.165, 1.54) is 19.3 Å². The molecule has 0 radical (unpaired) electrons. The Hall–Kier alpha value is -2.76. The maximum atomic E-state index is 12.7. The summed E-state index contributed by atoms with van der Waals surface area (Å²) < 4.78 is 11.5. The van der Waals surface area contributed by atoms with Gasteiger partial charge in [0, 0.05) is 5.54 Å². The van der Waals surface area contributed by atoms with Gasteiger partial charge in [-0.15, -0.1) is 0 Å². The van der Waals surface area contributed by atoms with Crippen LogP contribution >= 0.6 is 0 Å². The molecular weight excluding hydrogens is 378 g/mol. The molecule has 158 valence electrons. The van der Waals surface area contributed by atoms with E-state index in [0.29, 0.717) is 24.2 Å². The highest BCUT2D eigenvalue weighted by Crippen LogP contribution is 2.55. The third kappa shape index (κ3) is 4.23. The number of carbonyl (C=O) groups is 1. The van der Waals surface area contributed by atoms with Crippen molar-refractivity contribution in [2.75, 3.05) is 6.61 Å². The molecule has 6 rings (SSSR count). The van der Waals surface area contributed by atoms with Crippen LogP contribution in [0.15, 0.2) is 59.7 Å². The topological polar surface area (TPSA) is 72.0 Å². The number of hydrogen-bond donors (Lipinski definition) is 2. The summed E-state index contributed by atoms with van der Waals surface area (Å²) >= 11 is 0. The summed E-state index contributed by atoms with van der Waals surface area (Å²) in [6.07, 6.45) is 9.13. The van der Waals surface area contributed by atoms with Gasteiger partial charge in [0.2, 0.25) is 5.90 Å². The molecule has 0 atom stereocenters. The number of nitrogens with zero attached hydrogens (tertiary/aromatic N) is 1. The zero-order valence-corrected chi connectivity index (χ0v) is 17.2. The maximum absolute atomic E-state index is 12.7. The largest absolute Gasteiger partial charge is 0.473 e. The zero-order chi connectivity index (χ0) is 20.6. The Balaban J connectivity index is 1.15. The van der Waals surface area contributed by atoms with E-state index in [2.05, 4.69) is 22.2 Å². The Bertz CT molecular complexity index is 855. The molecular formula is C24H29N3O3. The van der Waals surface area contributed by atoms with Crippen LogP contribution in [0.5, 0.6) is 0 Å². The van der Waals surface area contributed by atoms with Gasteiger partial charge in [0.1, 0.15) is 12.4 Å². The van der Waals surface area contributed by atoms with Crippen molar-refractivity contribution < 1.29 is 14.3 Å². The summed E-state index contributed by atoms with van der Waals surface area (Å²) in [6, 6.07) is 9.88. The number of amides is 1. The maximum Gasteiger partial charge on any atom is 0.258 e. The minimum Gasteiger partial charge on any atom is -0.473 e. The van der Waals surface area contributed by atoms with E-state index in [-0.39, 0.29) is 18.1 Å². The van der Waals surface area contributed by atoms with Crippen molar-refractivity contribution in [1.29, 1.82) is 0 Å². The Morgan fingerprint density at radius 1 is 1.10 bits per heavy atom. The van der Waals surface area contributed by atoms with Crippen molar-refractivity contribution in [2.45, 2.75) is 50.7 Å². The number of carbonyl (C=O) groups excluding carboxylic acids is 1. The molecule has 6 heteroatoms. The summed E-state index contributed by atoms with van der Waals surface area (Å²) in [5.74, 6) is 3.60. The third-order valence-electron chi connectivity index (χ3n) is 6.80. The van der Waals surface area contributed by atoms with Gasteiger partial charge in [-0.3, -0.25) is 4.79 Å². The van der Waals surface area contributed by atoms with Crippen LogP contribution in [0.2, 0.25) is 0 Å². The van der Waals surface area contributed by atoms with Gasteiger partial charge < -0.3 is 20.1 Å².